The summed E-state index contributed by atoms with van der Waals surface area (Å²) in [5, 5.41) is 0.550. The monoisotopic (exact) mass is 399 g/mol. The lowest BCUT2D eigenvalue weighted by Gasteiger charge is -2.14. The molecule has 0 atom stereocenters. The summed E-state index contributed by atoms with van der Waals surface area (Å²) in [6, 6.07) is 12.4. The first-order chi connectivity index (χ1) is 13.7. The number of fused-ring (bicyclic) bond motifs is 1. The van der Waals surface area contributed by atoms with Crippen molar-refractivity contribution < 1.29 is 17.6 Å². The van der Waals surface area contributed by atoms with E-state index in [1.807, 2.05) is 0 Å². The van der Waals surface area contributed by atoms with Crippen molar-refractivity contribution in [3.8, 4) is 22.4 Å². The van der Waals surface area contributed by atoms with Crippen LogP contribution in [0.4, 0.5) is 17.6 Å². The van der Waals surface area contributed by atoms with Crippen LogP contribution in [0.1, 0.15) is 11.4 Å². The summed E-state index contributed by atoms with van der Waals surface area (Å²) in [6.45, 7) is 1.47. The molecule has 4 rings (SSSR count). The van der Waals surface area contributed by atoms with Gasteiger partial charge in [0.05, 0.1) is 5.69 Å². The number of hydrogen-bond acceptors (Lipinski definition) is 3. The Bertz CT molecular complexity index is 1280. The number of nitrogens with zero attached hydrogens (tertiary/aromatic N) is 2. The van der Waals surface area contributed by atoms with Crippen LogP contribution >= 0.6 is 0 Å². The number of rotatable bonds is 2. The van der Waals surface area contributed by atoms with Crippen LogP contribution in [-0.2, 0) is 6.18 Å². The summed E-state index contributed by atoms with van der Waals surface area (Å²) >= 11 is 0. The summed E-state index contributed by atoms with van der Waals surface area (Å²) in [4.78, 5) is 22.3. The SMILES string of the molecule is Cc1cc(-c2cc3ccc(=O)[nH]c3nc2-c2ccc(F)cc2)cc(C(F)(F)F)n1. The molecule has 0 saturated carbocycles. The molecule has 1 N–H and O–H groups in total. The second kappa shape index (κ2) is 6.80. The summed E-state index contributed by atoms with van der Waals surface area (Å²) in [5.41, 5.74) is 0.593. The van der Waals surface area contributed by atoms with E-state index in [1.165, 1.54) is 49.4 Å². The van der Waals surface area contributed by atoms with Gasteiger partial charge in [-0.15, -0.1) is 0 Å². The van der Waals surface area contributed by atoms with Gasteiger partial charge in [-0.2, -0.15) is 13.2 Å². The lowest BCUT2D eigenvalue weighted by molar-refractivity contribution is -0.141. The molecule has 0 radical (unpaired) electrons. The molecule has 0 amide bonds. The fourth-order valence-electron chi connectivity index (χ4n) is 3.10. The highest BCUT2D eigenvalue weighted by molar-refractivity contribution is 5.90. The third kappa shape index (κ3) is 3.73. The molecule has 0 saturated heterocycles. The third-order valence-corrected chi connectivity index (χ3v) is 4.38. The summed E-state index contributed by atoms with van der Waals surface area (Å²) in [6.07, 6.45) is -4.60. The number of pyridine rings is 3. The highest BCUT2D eigenvalue weighted by Gasteiger charge is 2.33. The Balaban J connectivity index is 2.04. The molecule has 0 aliphatic rings. The molecular formula is C21H13F4N3O. The molecule has 0 spiro atoms. The van der Waals surface area contributed by atoms with Crippen LogP contribution in [0.5, 0.6) is 0 Å². The van der Waals surface area contributed by atoms with Gasteiger partial charge >= 0.3 is 6.18 Å². The lowest BCUT2D eigenvalue weighted by Crippen LogP contribution is -2.09. The average molecular weight is 399 g/mol. The van der Waals surface area contributed by atoms with Gasteiger partial charge in [-0.05, 0) is 61.0 Å². The van der Waals surface area contributed by atoms with Gasteiger partial charge in [0.2, 0.25) is 5.56 Å². The minimum Gasteiger partial charge on any atom is -0.307 e. The lowest BCUT2D eigenvalue weighted by atomic mass is 9.97. The van der Waals surface area contributed by atoms with E-state index in [9.17, 15) is 22.4 Å². The highest BCUT2D eigenvalue weighted by Crippen LogP contribution is 2.36. The van der Waals surface area contributed by atoms with E-state index in [0.29, 0.717) is 22.2 Å². The minimum absolute atomic E-state index is 0.196. The predicted molar refractivity (Wildman–Crippen MR) is 101 cm³/mol. The zero-order chi connectivity index (χ0) is 20.8. The van der Waals surface area contributed by atoms with Crippen molar-refractivity contribution >= 4 is 11.0 Å². The fraction of sp³-hybridized carbons (Fsp3) is 0.0952. The predicted octanol–water partition coefficient (Wildman–Crippen LogP) is 5.12. The van der Waals surface area contributed by atoms with Crippen LogP contribution in [0.15, 0.2) is 59.4 Å². The van der Waals surface area contributed by atoms with Gasteiger partial charge in [0.1, 0.15) is 17.2 Å². The van der Waals surface area contributed by atoms with E-state index in [0.717, 1.165) is 6.07 Å². The van der Waals surface area contributed by atoms with Crippen molar-refractivity contribution in [1.29, 1.82) is 0 Å². The fourth-order valence-corrected chi connectivity index (χ4v) is 3.10. The third-order valence-electron chi connectivity index (χ3n) is 4.38. The maximum atomic E-state index is 13.4. The first-order valence-corrected chi connectivity index (χ1v) is 8.57. The van der Waals surface area contributed by atoms with Gasteiger partial charge in [-0.25, -0.2) is 14.4 Å². The van der Waals surface area contributed by atoms with Gasteiger partial charge in [0.15, 0.2) is 0 Å². The van der Waals surface area contributed by atoms with E-state index in [1.54, 1.807) is 6.07 Å². The molecule has 29 heavy (non-hydrogen) atoms. The summed E-state index contributed by atoms with van der Waals surface area (Å²) in [5.74, 6) is -0.455. The Hall–Kier alpha value is -3.55. The number of H-pyrrole nitrogens is 1. The quantitative estimate of drug-likeness (QED) is 0.476. The molecule has 0 aliphatic carbocycles. The van der Waals surface area contributed by atoms with Crippen LogP contribution < -0.4 is 5.56 Å². The van der Waals surface area contributed by atoms with Crippen LogP contribution in [0.25, 0.3) is 33.4 Å². The van der Waals surface area contributed by atoms with Gasteiger partial charge < -0.3 is 4.98 Å². The number of aromatic amines is 1. The largest absolute Gasteiger partial charge is 0.433 e. The topological polar surface area (TPSA) is 58.6 Å². The Labute approximate surface area is 161 Å². The number of aryl methyl sites for hydroxylation is 1. The molecule has 0 aliphatic heterocycles. The van der Waals surface area contributed by atoms with Crippen molar-refractivity contribution in [1.82, 2.24) is 15.0 Å². The summed E-state index contributed by atoms with van der Waals surface area (Å²) in [7, 11) is 0. The molecule has 146 valence electrons. The second-order valence-electron chi connectivity index (χ2n) is 6.53. The molecule has 3 heterocycles. The zero-order valence-electron chi connectivity index (χ0n) is 15.0. The normalized spacial score (nSPS) is 11.8. The zero-order valence-corrected chi connectivity index (χ0v) is 15.0. The molecule has 4 aromatic rings. The molecule has 8 heteroatoms. The number of nitrogens with one attached hydrogen (secondary N) is 1. The highest BCUT2D eigenvalue weighted by atomic mass is 19.4. The van der Waals surface area contributed by atoms with Crippen LogP contribution in [0.2, 0.25) is 0 Å². The van der Waals surface area contributed by atoms with Gasteiger partial charge in [0, 0.05) is 28.3 Å². The first-order valence-electron chi connectivity index (χ1n) is 8.57. The molecule has 3 aromatic heterocycles. The average Bonchev–Trinajstić information content (AvgIpc) is 2.66. The van der Waals surface area contributed by atoms with Crippen LogP contribution in [-0.4, -0.2) is 15.0 Å². The number of benzene rings is 1. The summed E-state index contributed by atoms with van der Waals surface area (Å²) < 4.78 is 53.2. The molecule has 0 bridgehead atoms. The molecular weight excluding hydrogens is 386 g/mol. The van der Waals surface area contributed by atoms with E-state index >= 15 is 0 Å². The van der Waals surface area contributed by atoms with E-state index < -0.39 is 17.7 Å². The number of halogens is 4. The molecule has 4 nitrogen and oxygen atoms in total. The second-order valence-corrected chi connectivity index (χ2v) is 6.53. The van der Waals surface area contributed by atoms with Gasteiger partial charge in [-0.3, -0.25) is 4.79 Å². The maximum absolute atomic E-state index is 13.4. The molecule has 0 fully saturated rings. The maximum Gasteiger partial charge on any atom is 0.433 e. The molecule has 0 unspecified atom stereocenters. The number of alkyl halides is 3. The Morgan fingerprint density at radius 2 is 1.62 bits per heavy atom. The standard InChI is InChI=1S/C21H13F4N3O/c1-11-8-14(10-17(26-11)21(23,24)25)16-9-13-4-7-18(29)27-20(13)28-19(16)12-2-5-15(22)6-3-12/h2-10H,1H3,(H,27,28,29). The van der Waals surface area contributed by atoms with Gasteiger partial charge in [0.25, 0.3) is 0 Å². The van der Waals surface area contributed by atoms with Crippen molar-refractivity contribution in [2.24, 2.45) is 0 Å². The number of aromatic nitrogens is 3. The van der Waals surface area contributed by atoms with Crippen LogP contribution in [0, 0.1) is 12.7 Å². The molecule has 1 aromatic carbocycles. The van der Waals surface area contributed by atoms with Crippen molar-refractivity contribution in [3.05, 3.63) is 82.2 Å². The van der Waals surface area contributed by atoms with Crippen molar-refractivity contribution in [3.63, 3.8) is 0 Å². The first kappa shape index (κ1) is 18.8. The van der Waals surface area contributed by atoms with Crippen molar-refractivity contribution in [2.45, 2.75) is 13.1 Å². The van der Waals surface area contributed by atoms with Gasteiger partial charge in [-0.1, -0.05) is 0 Å². The van der Waals surface area contributed by atoms with E-state index in [4.69, 9.17) is 0 Å². The Morgan fingerprint density at radius 3 is 2.31 bits per heavy atom. The number of hydrogen-bond donors (Lipinski definition) is 1. The Kier molecular flexibility index (Phi) is 4.41. The Morgan fingerprint density at radius 1 is 0.897 bits per heavy atom. The van der Waals surface area contributed by atoms with Crippen molar-refractivity contribution in [2.75, 3.05) is 0 Å². The van der Waals surface area contributed by atoms with Crippen LogP contribution in [0.3, 0.4) is 0 Å². The van der Waals surface area contributed by atoms with E-state index in [2.05, 4.69) is 15.0 Å². The van der Waals surface area contributed by atoms with E-state index in [-0.39, 0.29) is 22.5 Å². The smallest absolute Gasteiger partial charge is 0.307 e. The minimum atomic E-state index is -4.60.